The first-order valence-corrected chi connectivity index (χ1v) is 8.30. The van der Waals surface area contributed by atoms with E-state index >= 15 is 0 Å². The van der Waals surface area contributed by atoms with Crippen LogP contribution in [0.1, 0.15) is 30.2 Å². The molecule has 2 aromatic rings. The van der Waals surface area contributed by atoms with Crippen LogP contribution in [0.15, 0.2) is 54.6 Å². The van der Waals surface area contributed by atoms with Crippen molar-refractivity contribution < 1.29 is 14.8 Å². The maximum absolute atomic E-state index is 12.2. The molecule has 0 unspecified atom stereocenters. The molecule has 0 aliphatic carbocycles. The highest BCUT2D eigenvalue weighted by Gasteiger charge is 2.24. The van der Waals surface area contributed by atoms with Crippen molar-refractivity contribution in [1.29, 1.82) is 0 Å². The topological polar surface area (TPSA) is 83.7 Å². The molecule has 2 rings (SSSR count). The number of amides is 1. The van der Waals surface area contributed by atoms with Crippen molar-refractivity contribution >= 4 is 23.2 Å². The molecule has 0 bridgehead atoms. The molecule has 0 spiro atoms. The molecule has 0 radical (unpaired) electrons. The summed E-state index contributed by atoms with van der Waals surface area (Å²) in [5, 5.41) is 21.2. The zero-order valence-electron chi connectivity index (χ0n) is 13.7. The van der Waals surface area contributed by atoms with Gasteiger partial charge >= 0.3 is 0 Å². The van der Waals surface area contributed by atoms with Crippen LogP contribution in [0.4, 0.5) is 5.69 Å². The molecule has 7 heteroatoms. The van der Waals surface area contributed by atoms with Crippen LogP contribution < -0.4 is 0 Å². The van der Waals surface area contributed by atoms with Gasteiger partial charge in [-0.05, 0) is 30.2 Å². The summed E-state index contributed by atoms with van der Waals surface area (Å²) in [6.45, 7) is 1.90. The second kappa shape index (κ2) is 8.60. The van der Waals surface area contributed by atoms with Gasteiger partial charge in [0.1, 0.15) is 5.88 Å². The first-order valence-electron chi connectivity index (χ1n) is 7.76. The molecular formula is C18H19ClN2O4. The van der Waals surface area contributed by atoms with Crippen LogP contribution in [0.3, 0.4) is 0 Å². The summed E-state index contributed by atoms with van der Waals surface area (Å²) < 4.78 is 0. The van der Waals surface area contributed by atoms with Gasteiger partial charge in [0, 0.05) is 12.1 Å². The lowest BCUT2D eigenvalue weighted by Gasteiger charge is -2.31. The van der Waals surface area contributed by atoms with Gasteiger partial charge in [-0.3, -0.25) is 14.9 Å². The second-order valence-corrected chi connectivity index (χ2v) is 5.90. The summed E-state index contributed by atoms with van der Waals surface area (Å²) in [5.41, 5.74) is 1.37. The molecule has 0 saturated carbocycles. The van der Waals surface area contributed by atoms with Crippen LogP contribution in [0, 0.1) is 10.1 Å². The van der Waals surface area contributed by atoms with Gasteiger partial charge < -0.3 is 10.0 Å². The fourth-order valence-corrected chi connectivity index (χ4v) is 2.73. The van der Waals surface area contributed by atoms with Gasteiger partial charge in [-0.2, -0.15) is 0 Å². The van der Waals surface area contributed by atoms with E-state index in [0.717, 1.165) is 5.56 Å². The smallest absolute Gasteiger partial charge is 0.269 e. The fraction of sp³-hybridized carbons (Fsp3) is 0.278. The third kappa shape index (κ3) is 4.78. The Morgan fingerprint density at radius 3 is 2.28 bits per heavy atom. The molecule has 2 atom stereocenters. The predicted molar refractivity (Wildman–Crippen MR) is 95.3 cm³/mol. The van der Waals surface area contributed by atoms with E-state index in [4.69, 9.17) is 11.6 Å². The minimum absolute atomic E-state index is 0.0411. The number of alkyl halides is 1. The molecule has 0 aromatic heterocycles. The highest BCUT2D eigenvalue weighted by Crippen LogP contribution is 2.25. The maximum Gasteiger partial charge on any atom is 0.269 e. The summed E-state index contributed by atoms with van der Waals surface area (Å²) in [6, 6.07) is 14.8. The van der Waals surface area contributed by atoms with Gasteiger partial charge in [-0.15, -0.1) is 11.6 Å². The monoisotopic (exact) mass is 362 g/mol. The fourth-order valence-electron chi connectivity index (χ4n) is 2.57. The predicted octanol–water partition coefficient (Wildman–Crippen LogP) is 3.46. The van der Waals surface area contributed by atoms with E-state index < -0.39 is 11.0 Å². The van der Waals surface area contributed by atoms with Gasteiger partial charge in [0.2, 0.25) is 5.91 Å². The maximum atomic E-state index is 12.2. The molecule has 1 amide bonds. The molecule has 1 N–H and O–H groups in total. The molecule has 132 valence electrons. The number of aliphatic hydroxyl groups is 1. The lowest BCUT2D eigenvalue weighted by molar-refractivity contribution is -0.384. The van der Waals surface area contributed by atoms with Gasteiger partial charge in [-0.1, -0.05) is 30.3 Å². The number of aliphatic hydroxyl groups excluding tert-OH is 1. The van der Waals surface area contributed by atoms with Crippen molar-refractivity contribution in [2.75, 3.05) is 12.4 Å². The molecule has 0 aliphatic rings. The molecular weight excluding hydrogens is 344 g/mol. The lowest BCUT2D eigenvalue weighted by atomic mass is 10.0. The molecule has 0 fully saturated rings. The number of benzene rings is 2. The normalized spacial score (nSPS) is 13.1. The largest absolute Gasteiger partial charge is 0.387 e. The molecule has 2 aromatic carbocycles. The zero-order valence-corrected chi connectivity index (χ0v) is 14.5. The van der Waals surface area contributed by atoms with Crippen molar-refractivity contribution in [3.63, 3.8) is 0 Å². The number of carbonyl (C=O) groups is 1. The molecule has 25 heavy (non-hydrogen) atoms. The molecule has 0 heterocycles. The average Bonchev–Trinajstić information content (AvgIpc) is 2.65. The van der Waals surface area contributed by atoms with E-state index in [1.807, 2.05) is 37.3 Å². The quantitative estimate of drug-likeness (QED) is 0.464. The number of nitro benzene ring substituents is 1. The van der Waals surface area contributed by atoms with Crippen LogP contribution in [-0.4, -0.2) is 33.3 Å². The number of nitro groups is 1. The number of nitrogens with zero attached hydrogens (tertiary/aromatic N) is 2. The van der Waals surface area contributed by atoms with Crippen molar-refractivity contribution in [2.45, 2.75) is 19.1 Å². The standard InChI is InChI=1S/C18H19ClN2O4/c1-13(14-5-3-2-4-6-14)20(18(23)11-19)12-17(22)15-7-9-16(10-8-15)21(24)25/h2-10,13,17,22H,11-12H2,1H3/t13-,17+/m1/s1. The van der Waals surface area contributed by atoms with Crippen LogP contribution in [0.5, 0.6) is 0 Å². The summed E-state index contributed by atoms with van der Waals surface area (Å²) in [4.78, 5) is 23.9. The van der Waals surface area contributed by atoms with Gasteiger partial charge in [0.05, 0.1) is 23.6 Å². The Morgan fingerprint density at radius 1 is 1.16 bits per heavy atom. The number of rotatable bonds is 7. The third-order valence-electron chi connectivity index (χ3n) is 4.04. The van der Waals surface area contributed by atoms with E-state index in [1.54, 1.807) is 0 Å². The Balaban J connectivity index is 2.18. The number of hydrogen-bond donors (Lipinski definition) is 1. The Hall–Kier alpha value is -2.44. The third-order valence-corrected chi connectivity index (χ3v) is 4.27. The Kier molecular flexibility index (Phi) is 6.50. The highest BCUT2D eigenvalue weighted by atomic mass is 35.5. The van der Waals surface area contributed by atoms with Crippen molar-refractivity contribution in [1.82, 2.24) is 4.90 Å². The molecule has 6 nitrogen and oxygen atoms in total. The summed E-state index contributed by atoms with van der Waals surface area (Å²) in [7, 11) is 0. The van der Waals surface area contributed by atoms with E-state index in [9.17, 15) is 20.0 Å². The van der Waals surface area contributed by atoms with Crippen LogP contribution >= 0.6 is 11.6 Å². The zero-order chi connectivity index (χ0) is 18.4. The van der Waals surface area contributed by atoms with Gasteiger partial charge in [0.15, 0.2) is 0 Å². The van der Waals surface area contributed by atoms with Crippen LogP contribution in [0.2, 0.25) is 0 Å². The Bertz CT molecular complexity index is 722. The minimum Gasteiger partial charge on any atom is -0.387 e. The Morgan fingerprint density at radius 2 is 1.76 bits per heavy atom. The summed E-state index contributed by atoms with van der Waals surface area (Å²) in [6.07, 6.45) is -0.973. The lowest BCUT2D eigenvalue weighted by Crippen LogP contribution is -2.37. The Labute approximate surface area is 150 Å². The van der Waals surface area contributed by atoms with E-state index in [-0.39, 0.29) is 30.1 Å². The van der Waals surface area contributed by atoms with E-state index in [0.29, 0.717) is 5.56 Å². The number of halogens is 1. The first kappa shape index (κ1) is 18.9. The van der Waals surface area contributed by atoms with Gasteiger partial charge in [-0.25, -0.2) is 0 Å². The number of carbonyl (C=O) groups excluding carboxylic acids is 1. The van der Waals surface area contributed by atoms with Gasteiger partial charge in [0.25, 0.3) is 5.69 Å². The molecule has 0 aliphatic heterocycles. The first-order chi connectivity index (χ1) is 11.9. The van der Waals surface area contributed by atoms with Crippen LogP contribution in [-0.2, 0) is 4.79 Å². The number of hydrogen-bond acceptors (Lipinski definition) is 4. The van der Waals surface area contributed by atoms with Crippen molar-refractivity contribution in [3.05, 3.63) is 75.8 Å². The second-order valence-electron chi connectivity index (χ2n) is 5.63. The van der Waals surface area contributed by atoms with Crippen molar-refractivity contribution in [3.8, 4) is 0 Å². The van der Waals surface area contributed by atoms with E-state index in [2.05, 4.69) is 0 Å². The summed E-state index contributed by atoms with van der Waals surface area (Å²) in [5.74, 6) is -0.483. The number of non-ortho nitro benzene ring substituents is 1. The highest BCUT2D eigenvalue weighted by molar-refractivity contribution is 6.27. The minimum atomic E-state index is -0.973. The average molecular weight is 363 g/mol. The molecule has 0 saturated heterocycles. The van der Waals surface area contributed by atoms with Crippen LogP contribution in [0.25, 0.3) is 0 Å². The summed E-state index contributed by atoms with van der Waals surface area (Å²) >= 11 is 5.72. The van der Waals surface area contributed by atoms with Crippen molar-refractivity contribution in [2.24, 2.45) is 0 Å². The van der Waals surface area contributed by atoms with E-state index in [1.165, 1.54) is 29.2 Å². The SMILES string of the molecule is C[C@H](c1ccccc1)N(C[C@H](O)c1ccc([N+](=O)[O-])cc1)C(=O)CCl.